The molecule has 0 aliphatic carbocycles. The van der Waals surface area contributed by atoms with Crippen LogP contribution in [0, 0.1) is 5.82 Å². The molecular formula is C12H16FN3O2. The third kappa shape index (κ3) is 3.44. The van der Waals surface area contributed by atoms with Gasteiger partial charge in [0.25, 0.3) is 5.91 Å². The van der Waals surface area contributed by atoms with Crippen molar-refractivity contribution in [3.8, 4) is 0 Å². The summed E-state index contributed by atoms with van der Waals surface area (Å²) in [4.78, 5) is 24.5. The fourth-order valence-corrected chi connectivity index (χ4v) is 1.44. The minimum Gasteiger partial charge on any atom is -0.396 e. The predicted molar refractivity (Wildman–Crippen MR) is 66.5 cm³/mol. The number of anilines is 1. The maximum absolute atomic E-state index is 13.0. The number of nitrogens with one attached hydrogen (secondary N) is 1. The topological polar surface area (TPSA) is 75.4 Å². The van der Waals surface area contributed by atoms with Gasteiger partial charge in [-0.2, -0.15) is 0 Å². The summed E-state index contributed by atoms with van der Waals surface area (Å²) in [5.41, 5.74) is 5.54. The molecule has 0 aromatic heterocycles. The molecule has 0 bridgehead atoms. The number of nitrogen functional groups attached to an aromatic ring is 1. The molecule has 0 aliphatic heterocycles. The molecule has 0 aliphatic rings. The molecule has 0 heterocycles. The Morgan fingerprint density at radius 2 is 2.11 bits per heavy atom. The Kier molecular flexibility index (Phi) is 4.65. The van der Waals surface area contributed by atoms with E-state index in [1.807, 2.05) is 0 Å². The maximum atomic E-state index is 13.0. The zero-order chi connectivity index (χ0) is 13.7. The molecule has 0 unspecified atom stereocenters. The Morgan fingerprint density at radius 1 is 1.44 bits per heavy atom. The maximum Gasteiger partial charge on any atom is 0.254 e. The van der Waals surface area contributed by atoms with Crippen molar-refractivity contribution in [3.05, 3.63) is 29.6 Å². The van der Waals surface area contributed by atoms with E-state index in [2.05, 4.69) is 5.32 Å². The first kappa shape index (κ1) is 14.0. The highest BCUT2D eigenvalue weighted by molar-refractivity contribution is 5.97. The molecule has 6 heteroatoms. The Labute approximate surface area is 105 Å². The van der Waals surface area contributed by atoms with Gasteiger partial charge in [-0.15, -0.1) is 0 Å². The molecule has 0 spiro atoms. The molecule has 1 aromatic rings. The van der Waals surface area contributed by atoms with Gasteiger partial charge in [-0.05, 0) is 25.1 Å². The fourth-order valence-electron chi connectivity index (χ4n) is 1.44. The fraction of sp³-hybridized carbons (Fsp3) is 0.333. The standard InChI is InChI=1S/C12H16FN3O2/c1-3-15-11(17)7-16(2)12(18)8-4-5-9(13)10(14)6-8/h4-6H,3,7,14H2,1-2H3,(H,15,17). The van der Waals surface area contributed by atoms with E-state index >= 15 is 0 Å². The van der Waals surface area contributed by atoms with E-state index < -0.39 is 5.82 Å². The van der Waals surface area contributed by atoms with Crippen molar-refractivity contribution in [2.45, 2.75) is 6.92 Å². The van der Waals surface area contributed by atoms with Crippen LogP contribution >= 0.6 is 0 Å². The highest BCUT2D eigenvalue weighted by Gasteiger charge is 2.15. The first-order valence-corrected chi connectivity index (χ1v) is 5.53. The molecule has 0 radical (unpaired) electrons. The second-order valence-corrected chi connectivity index (χ2v) is 3.85. The van der Waals surface area contributed by atoms with Crippen molar-refractivity contribution in [3.63, 3.8) is 0 Å². The number of likely N-dealkylation sites (N-methyl/N-ethyl adjacent to an activating group) is 2. The Bertz CT molecular complexity index is 463. The van der Waals surface area contributed by atoms with Gasteiger partial charge in [0.05, 0.1) is 12.2 Å². The SMILES string of the molecule is CCNC(=O)CN(C)C(=O)c1ccc(F)c(N)c1. The van der Waals surface area contributed by atoms with Crippen molar-refractivity contribution in [2.75, 3.05) is 25.9 Å². The van der Waals surface area contributed by atoms with Gasteiger partial charge in [-0.1, -0.05) is 0 Å². The minimum atomic E-state index is -0.571. The molecule has 2 amide bonds. The van der Waals surface area contributed by atoms with Crippen molar-refractivity contribution in [1.29, 1.82) is 0 Å². The third-order valence-electron chi connectivity index (χ3n) is 2.34. The summed E-state index contributed by atoms with van der Waals surface area (Å²) in [6, 6.07) is 3.72. The van der Waals surface area contributed by atoms with Crippen LogP contribution in [0.4, 0.5) is 10.1 Å². The first-order valence-electron chi connectivity index (χ1n) is 5.53. The molecule has 1 rings (SSSR count). The average Bonchev–Trinajstić information content (AvgIpc) is 2.32. The van der Waals surface area contributed by atoms with Gasteiger partial charge in [0, 0.05) is 19.2 Å². The van der Waals surface area contributed by atoms with Gasteiger partial charge in [-0.3, -0.25) is 9.59 Å². The zero-order valence-electron chi connectivity index (χ0n) is 10.4. The van der Waals surface area contributed by atoms with Crippen LogP contribution in [0.2, 0.25) is 0 Å². The van der Waals surface area contributed by atoms with E-state index in [-0.39, 0.29) is 29.6 Å². The van der Waals surface area contributed by atoms with Crippen LogP contribution in [-0.2, 0) is 4.79 Å². The van der Waals surface area contributed by atoms with E-state index in [0.717, 1.165) is 6.07 Å². The predicted octanol–water partition coefficient (Wildman–Crippen LogP) is 0.616. The second kappa shape index (κ2) is 6.00. The summed E-state index contributed by atoms with van der Waals surface area (Å²) in [7, 11) is 1.50. The summed E-state index contributed by atoms with van der Waals surface area (Å²) in [6.07, 6.45) is 0. The summed E-state index contributed by atoms with van der Waals surface area (Å²) < 4.78 is 13.0. The number of carbonyl (C=O) groups excluding carboxylic acids is 2. The first-order chi connectivity index (χ1) is 8.45. The van der Waals surface area contributed by atoms with Gasteiger partial charge in [0.15, 0.2) is 0 Å². The van der Waals surface area contributed by atoms with Crippen LogP contribution in [0.5, 0.6) is 0 Å². The summed E-state index contributed by atoms with van der Waals surface area (Å²) in [6.45, 7) is 2.24. The zero-order valence-corrected chi connectivity index (χ0v) is 10.4. The molecule has 18 heavy (non-hydrogen) atoms. The van der Waals surface area contributed by atoms with Crippen molar-refractivity contribution in [1.82, 2.24) is 10.2 Å². The van der Waals surface area contributed by atoms with Gasteiger partial charge >= 0.3 is 0 Å². The third-order valence-corrected chi connectivity index (χ3v) is 2.34. The number of benzene rings is 1. The highest BCUT2D eigenvalue weighted by Crippen LogP contribution is 2.13. The molecular weight excluding hydrogens is 237 g/mol. The molecule has 1 aromatic carbocycles. The molecule has 98 valence electrons. The number of nitrogens with two attached hydrogens (primary N) is 1. The lowest BCUT2D eigenvalue weighted by atomic mass is 10.1. The molecule has 0 saturated carbocycles. The van der Waals surface area contributed by atoms with Crippen LogP contribution in [0.15, 0.2) is 18.2 Å². The summed E-state index contributed by atoms with van der Waals surface area (Å²) >= 11 is 0. The van der Waals surface area contributed by atoms with E-state index in [1.54, 1.807) is 6.92 Å². The molecule has 0 atom stereocenters. The lowest BCUT2D eigenvalue weighted by Gasteiger charge is -2.16. The van der Waals surface area contributed by atoms with Gasteiger partial charge in [-0.25, -0.2) is 4.39 Å². The average molecular weight is 253 g/mol. The number of carbonyl (C=O) groups is 2. The summed E-state index contributed by atoms with van der Waals surface area (Å²) in [5.74, 6) is -1.20. The van der Waals surface area contributed by atoms with Crippen LogP contribution in [0.1, 0.15) is 17.3 Å². The van der Waals surface area contributed by atoms with Crippen molar-refractivity contribution < 1.29 is 14.0 Å². The van der Waals surface area contributed by atoms with E-state index in [9.17, 15) is 14.0 Å². The lowest BCUT2D eigenvalue weighted by molar-refractivity contribution is -0.121. The van der Waals surface area contributed by atoms with Crippen LogP contribution in [0.3, 0.4) is 0 Å². The van der Waals surface area contributed by atoms with E-state index in [1.165, 1.54) is 24.1 Å². The van der Waals surface area contributed by atoms with Gasteiger partial charge < -0.3 is 16.0 Å². The Balaban J connectivity index is 2.74. The molecule has 5 nitrogen and oxygen atoms in total. The summed E-state index contributed by atoms with van der Waals surface area (Å²) in [5, 5.41) is 2.59. The second-order valence-electron chi connectivity index (χ2n) is 3.85. The molecule has 3 N–H and O–H groups in total. The number of halogens is 1. The largest absolute Gasteiger partial charge is 0.396 e. The monoisotopic (exact) mass is 253 g/mol. The number of hydrogen-bond acceptors (Lipinski definition) is 3. The lowest BCUT2D eigenvalue weighted by Crippen LogP contribution is -2.38. The van der Waals surface area contributed by atoms with Crippen LogP contribution in [0.25, 0.3) is 0 Å². The minimum absolute atomic E-state index is 0.0516. The smallest absolute Gasteiger partial charge is 0.254 e. The quantitative estimate of drug-likeness (QED) is 0.772. The number of amides is 2. The van der Waals surface area contributed by atoms with Crippen molar-refractivity contribution in [2.24, 2.45) is 0 Å². The number of hydrogen-bond donors (Lipinski definition) is 2. The Morgan fingerprint density at radius 3 is 2.67 bits per heavy atom. The normalized spacial score (nSPS) is 9.94. The molecule has 0 saturated heterocycles. The number of rotatable bonds is 4. The van der Waals surface area contributed by atoms with E-state index in [4.69, 9.17) is 5.73 Å². The number of nitrogens with zero attached hydrogens (tertiary/aromatic N) is 1. The van der Waals surface area contributed by atoms with E-state index in [0.29, 0.717) is 6.54 Å². The van der Waals surface area contributed by atoms with Gasteiger partial charge in [0.1, 0.15) is 5.82 Å². The van der Waals surface area contributed by atoms with Gasteiger partial charge in [0.2, 0.25) is 5.91 Å². The Hall–Kier alpha value is -2.11. The highest BCUT2D eigenvalue weighted by atomic mass is 19.1. The van der Waals surface area contributed by atoms with Crippen LogP contribution < -0.4 is 11.1 Å². The van der Waals surface area contributed by atoms with Crippen molar-refractivity contribution >= 4 is 17.5 Å². The van der Waals surface area contributed by atoms with Crippen LogP contribution in [-0.4, -0.2) is 36.9 Å². The molecule has 0 fully saturated rings.